The topological polar surface area (TPSA) is 25.2 Å². The predicted octanol–water partition coefficient (Wildman–Crippen LogP) is 5.08. The number of benzene rings is 2. The summed E-state index contributed by atoms with van der Waals surface area (Å²) in [5.74, 6) is -0.208. The molecule has 0 spiro atoms. The Hall–Kier alpha value is -1.84. The molecular formula is C17H15ClFNO. The molecule has 1 atom stereocenters. The van der Waals surface area contributed by atoms with Crippen LogP contribution in [0.2, 0.25) is 5.22 Å². The van der Waals surface area contributed by atoms with Crippen LogP contribution in [0.5, 0.6) is 0 Å². The van der Waals surface area contributed by atoms with Gasteiger partial charge in [-0.3, -0.25) is 0 Å². The normalized spacial score (nSPS) is 12.7. The SMILES string of the molecule is CC(NCc1c(Cl)oc2ccccc12)c1ccccc1F. The van der Waals surface area contributed by atoms with E-state index in [1.54, 1.807) is 12.1 Å². The van der Waals surface area contributed by atoms with Crippen molar-refractivity contribution in [2.24, 2.45) is 0 Å². The fourth-order valence-electron chi connectivity index (χ4n) is 2.43. The Balaban J connectivity index is 1.81. The molecule has 0 amide bonds. The van der Waals surface area contributed by atoms with Gasteiger partial charge in [-0.15, -0.1) is 0 Å². The molecule has 0 aliphatic carbocycles. The van der Waals surface area contributed by atoms with E-state index in [1.165, 1.54) is 6.07 Å². The number of halogens is 2. The van der Waals surface area contributed by atoms with Crippen LogP contribution in [-0.2, 0) is 6.54 Å². The van der Waals surface area contributed by atoms with Gasteiger partial charge >= 0.3 is 0 Å². The lowest BCUT2D eigenvalue weighted by Crippen LogP contribution is -2.19. The quantitative estimate of drug-likeness (QED) is 0.727. The Bertz CT molecular complexity index is 768. The molecule has 1 N–H and O–H groups in total. The second-order valence-electron chi connectivity index (χ2n) is 4.97. The van der Waals surface area contributed by atoms with E-state index in [9.17, 15) is 4.39 Å². The summed E-state index contributed by atoms with van der Waals surface area (Å²) in [5.41, 5.74) is 2.30. The molecule has 0 saturated carbocycles. The summed E-state index contributed by atoms with van der Waals surface area (Å²) < 4.78 is 19.3. The summed E-state index contributed by atoms with van der Waals surface area (Å²) in [7, 11) is 0. The number of hydrogen-bond acceptors (Lipinski definition) is 2. The Morgan fingerprint density at radius 1 is 1.14 bits per heavy atom. The molecule has 0 bridgehead atoms. The zero-order chi connectivity index (χ0) is 14.8. The molecule has 108 valence electrons. The van der Waals surface area contributed by atoms with Crippen LogP contribution >= 0.6 is 11.6 Å². The van der Waals surface area contributed by atoms with Crippen molar-refractivity contribution in [1.82, 2.24) is 5.32 Å². The molecule has 0 radical (unpaired) electrons. The maximum atomic E-state index is 13.8. The second-order valence-corrected chi connectivity index (χ2v) is 5.32. The lowest BCUT2D eigenvalue weighted by atomic mass is 10.1. The van der Waals surface area contributed by atoms with E-state index < -0.39 is 0 Å². The van der Waals surface area contributed by atoms with Crippen LogP contribution in [0.4, 0.5) is 4.39 Å². The third-order valence-electron chi connectivity index (χ3n) is 3.61. The van der Waals surface area contributed by atoms with E-state index in [0.29, 0.717) is 17.3 Å². The first-order valence-corrected chi connectivity index (χ1v) is 7.18. The van der Waals surface area contributed by atoms with E-state index in [1.807, 2.05) is 37.3 Å². The van der Waals surface area contributed by atoms with Gasteiger partial charge in [-0.2, -0.15) is 0 Å². The standard InChI is InChI=1S/C17H15ClFNO/c1-11(12-6-2-4-8-15(12)19)20-10-14-13-7-3-5-9-16(13)21-17(14)18/h2-9,11,20H,10H2,1H3. The van der Waals surface area contributed by atoms with Gasteiger partial charge in [0.2, 0.25) is 0 Å². The molecule has 1 heterocycles. The van der Waals surface area contributed by atoms with E-state index in [-0.39, 0.29) is 11.9 Å². The van der Waals surface area contributed by atoms with Gasteiger partial charge in [-0.05, 0) is 30.7 Å². The van der Waals surface area contributed by atoms with E-state index in [4.69, 9.17) is 16.0 Å². The van der Waals surface area contributed by atoms with Crippen LogP contribution in [0.1, 0.15) is 24.1 Å². The zero-order valence-corrected chi connectivity index (χ0v) is 12.3. The van der Waals surface area contributed by atoms with Crippen LogP contribution in [0.3, 0.4) is 0 Å². The number of rotatable bonds is 4. The van der Waals surface area contributed by atoms with Gasteiger partial charge in [0.05, 0.1) is 0 Å². The third kappa shape index (κ3) is 2.80. The van der Waals surface area contributed by atoms with Crippen molar-refractivity contribution >= 4 is 22.6 Å². The molecule has 0 fully saturated rings. The summed E-state index contributed by atoms with van der Waals surface area (Å²) in [6, 6.07) is 14.3. The summed E-state index contributed by atoms with van der Waals surface area (Å²) in [4.78, 5) is 0. The van der Waals surface area contributed by atoms with Gasteiger partial charge in [0.25, 0.3) is 0 Å². The van der Waals surface area contributed by atoms with Crippen molar-refractivity contribution in [2.45, 2.75) is 19.5 Å². The van der Waals surface area contributed by atoms with Crippen LogP contribution in [0.25, 0.3) is 11.0 Å². The molecular weight excluding hydrogens is 289 g/mol. The van der Waals surface area contributed by atoms with Crippen molar-refractivity contribution in [2.75, 3.05) is 0 Å². The molecule has 0 saturated heterocycles. The Morgan fingerprint density at radius 3 is 2.67 bits per heavy atom. The molecule has 2 nitrogen and oxygen atoms in total. The van der Waals surface area contributed by atoms with Gasteiger partial charge in [0.15, 0.2) is 5.22 Å². The molecule has 0 aliphatic rings. The van der Waals surface area contributed by atoms with Crippen LogP contribution < -0.4 is 5.32 Å². The van der Waals surface area contributed by atoms with Crippen molar-refractivity contribution in [1.29, 1.82) is 0 Å². The fraction of sp³-hybridized carbons (Fsp3) is 0.176. The van der Waals surface area contributed by atoms with Crippen molar-refractivity contribution in [3.63, 3.8) is 0 Å². The predicted molar refractivity (Wildman–Crippen MR) is 82.9 cm³/mol. The highest BCUT2D eigenvalue weighted by Gasteiger charge is 2.14. The second kappa shape index (κ2) is 5.88. The monoisotopic (exact) mass is 303 g/mol. The largest absolute Gasteiger partial charge is 0.444 e. The third-order valence-corrected chi connectivity index (χ3v) is 3.91. The average molecular weight is 304 g/mol. The minimum absolute atomic E-state index is 0.115. The van der Waals surface area contributed by atoms with Gasteiger partial charge in [0, 0.05) is 29.1 Å². The first kappa shape index (κ1) is 14.1. The van der Waals surface area contributed by atoms with Crippen molar-refractivity contribution in [3.8, 4) is 0 Å². The Kier molecular flexibility index (Phi) is 3.95. The number of hydrogen-bond donors (Lipinski definition) is 1. The summed E-state index contributed by atoms with van der Waals surface area (Å²) in [5, 5.41) is 4.65. The number of furan rings is 1. The van der Waals surface area contributed by atoms with Crippen molar-refractivity contribution < 1.29 is 8.81 Å². The van der Waals surface area contributed by atoms with E-state index in [0.717, 1.165) is 16.5 Å². The highest BCUT2D eigenvalue weighted by atomic mass is 35.5. The summed E-state index contributed by atoms with van der Waals surface area (Å²) in [6.45, 7) is 2.44. The molecule has 1 aromatic heterocycles. The average Bonchev–Trinajstić information content (AvgIpc) is 2.81. The Labute approximate surface area is 127 Å². The van der Waals surface area contributed by atoms with Gasteiger partial charge in [-0.1, -0.05) is 36.4 Å². The highest BCUT2D eigenvalue weighted by Crippen LogP contribution is 2.30. The number of nitrogens with one attached hydrogen (secondary N) is 1. The van der Waals surface area contributed by atoms with Gasteiger partial charge in [0.1, 0.15) is 11.4 Å². The lowest BCUT2D eigenvalue weighted by Gasteiger charge is -2.14. The van der Waals surface area contributed by atoms with Crippen LogP contribution in [0.15, 0.2) is 52.9 Å². The molecule has 4 heteroatoms. The smallest absolute Gasteiger partial charge is 0.199 e. The Morgan fingerprint density at radius 2 is 1.86 bits per heavy atom. The molecule has 21 heavy (non-hydrogen) atoms. The van der Waals surface area contributed by atoms with E-state index in [2.05, 4.69) is 5.32 Å². The first-order chi connectivity index (χ1) is 10.2. The maximum absolute atomic E-state index is 13.8. The minimum Gasteiger partial charge on any atom is -0.444 e. The first-order valence-electron chi connectivity index (χ1n) is 6.80. The highest BCUT2D eigenvalue weighted by molar-refractivity contribution is 6.30. The summed E-state index contributed by atoms with van der Waals surface area (Å²) >= 11 is 6.15. The van der Waals surface area contributed by atoms with Crippen LogP contribution in [-0.4, -0.2) is 0 Å². The molecule has 1 unspecified atom stereocenters. The molecule has 0 aliphatic heterocycles. The maximum Gasteiger partial charge on any atom is 0.199 e. The molecule has 3 rings (SSSR count). The minimum atomic E-state index is -0.208. The summed E-state index contributed by atoms with van der Waals surface area (Å²) in [6.07, 6.45) is 0. The number of fused-ring (bicyclic) bond motifs is 1. The van der Waals surface area contributed by atoms with Gasteiger partial charge in [-0.25, -0.2) is 4.39 Å². The molecule has 3 aromatic rings. The van der Waals surface area contributed by atoms with E-state index >= 15 is 0 Å². The lowest BCUT2D eigenvalue weighted by molar-refractivity contribution is 0.525. The van der Waals surface area contributed by atoms with Crippen molar-refractivity contribution in [3.05, 3.63) is 70.7 Å². The fourth-order valence-corrected chi connectivity index (χ4v) is 2.68. The van der Waals surface area contributed by atoms with Gasteiger partial charge < -0.3 is 9.73 Å². The van der Waals surface area contributed by atoms with Crippen LogP contribution in [0, 0.1) is 5.82 Å². The number of para-hydroxylation sites is 1. The molecule has 2 aromatic carbocycles. The zero-order valence-electron chi connectivity index (χ0n) is 11.6.